The summed E-state index contributed by atoms with van der Waals surface area (Å²) in [7, 11) is -4.12. The van der Waals surface area contributed by atoms with Gasteiger partial charge >= 0.3 is 0 Å². The number of amides is 1. The zero-order chi connectivity index (χ0) is 17.4. The molecule has 1 heterocycles. The summed E-state index contributed by atoms with van der Waals surface area (Å²) in [4.78, 5) is 13.1. The van der Waals surface area contributed by atoms with Crippen LogP contribution in [0.15, 0.2) is 23.1 Å². The SMILES string of the molecule is CC(C)(C)C(=O)N1CCN(S(=O)(=O)c2cc(F)ccc2F)CC1. The quantitative estimate of drug-likeness (QED) is 0.821. The highest BCUT2D eigenvalue weighted by molar-refractivity contribution is 7.89. The Kier molecular flexibility index (Phi) is 4.77. The average molecular weight is 346 g/mol. The number of carbonyl (C=O) groups excluding carboxylic acids is 1. The average Bonchev–Trinajstić information content (AvgIpc) is 2.48. The van der Waals surface area contributed by atoms with Gasteiger partial charge in [0.2, 0.25) is 15.9 Å². The van der Waals surface area contributed by atoms with E-state index in [-0.39, 0.29) is 32.1 Å². The van der Waals surface area contributed by atoms with Crippen molar-refractivity contribution in [2.45, 2.75) is 25.7 Å². The molecule has 1 aliphatic rings. The van der Waals surface area contributed by atoms with Gasteiger partial charge in [0.1, 0.15) is 16.5 Å². The molecule has 1 aromatic carbocycles. The van der Waals surface area contributed by atoms with Crippen molar-refractivity contribution < 1.29 is 22.0 Å². The van der Waals surface area contributed by atoms with Crippen molar-refractivity contribution in [3.63, 3.8) is 0 Å². The fourth-order valence-corrected chi connectivity index (χ4v) is 3.92. The third kappa shape index (κ3) is 3.69. The first-order chi connectivity index (χ1) is 10.5. The van der Waals surface area contributed by atoms with E-state index >= 15 is 0 Å². The van der Waals surface area contributed by atoms with E-state index in [4.69, 9.17) is 0 Å². The Morgan fingerprint density at radius 1 is 1.09 bits per heavy atom. The normalized spacial score (nSPS) is 17.3. The molecule has 0 atom stereocenters. The lowest BCUT2D eigenvalue weighted by Crippen LogP contribution is -2.53. The smallest absolute Gasteiger partial charge is 0.246 e. The number of carbonyl (C=O) groups is 1. The summed E-state index contributed by atoms with van der Waals surface area (Å²) >= 11 is 0. The summed E-state index contributed by atoms with van der Waals surface area (Å²) in [6.45, 7) is 5.94. The first-order valence-corrected chi connectivity index (χ1v) is 8.72. The van der Waals surface area contributed by atoms with Gasteiger partial charge in [0.15, 0.2) is 0 Å². The molecule has 8 heteroatoms. The molecule has 0 saturated carbocycles. The van der Waals surface area contributed by atoms with Gasteiger partial charge in [0.25, 0.3) is 0 Å². The van der Waals surface area contributed by atoms with Crippen molar-refractivity contribution >= 4 is 15.9 Å². The Bertz CT molecular complexity index is 706. The van der Waals surface area contributed by atoms with E-state index in [1.807, 2.05) is 0 Å². The zero-order valence-electron chi connectivity index (χ0n) is 13.3. The van der Waals surface area contributed by atoms with Crippen LogP contribution in [0.4, 0.5) is 8.78 Å². The molecule has 2 rings (SSSR count). The minimum absolute atomic E-state index is 0.0557. The third-order valence-electron chi connectivity index (χ3n) is 3.68. The van der Waals surface area contributed by atoms with Crippen LogP contribution >= 0.6 is 0 Å². The number of sulfonamides is 1. The first-order valence-electron chi connectivity index (χ1n) is 7.28. The second kappa shape index (κ2) is 6.16. The lowest BCUT2D eigenvalue weighted by atomic mass is 9.94. The van der Waals surface area contributed by atoms with E-state index in [2.05, 4.69) is 0 Å². The number of hydrogen-bond donors (Lipinski definition) is 0. The molecular formula is C15H20F2N2O3S. The second-order valence-electron chi connectivity index (χ2n) is 6.52. The molecule has 1 aromatic rings. The molecule has 0 spiro atoms. The Morgan fingerprint density at radius 3 is 2.17 bits per heavy atom. The molecule has 128 valence electrons. The molecule has 0 aliphatic carbocycles. The Labute approximate surface area is 134 Å². The number of piperazine rings is 1. The maximum atomic E-state index is 13.7. The van der Waals surface area contributed by atoms with Crippen molar-refractivity contribution in [1.29, 1.82) is 0 Å². The van der Waals surface area contributed by atoms with Crippen molar-refractivity contribution in [1.82, 2.24) is 9.21 Å². The van der Waals surface area contributed by atoms with Crippen molar-refractivity contribution in [3.8, 4) is 0 Å². The molecule has 0 aromatic heterocycles. The Morgan fingerprint density at radius 2 is 1.65 bits per heavy atom. The standard InChI is InChI=1S/C15H20F2N2O3S/c1-15(2,3)14(20)18-6-8-19(9-7-18)23(21,22)13-10-11(16)4-5-12(13)17/h4-5,10H,6-9H2,1-3H3. The van der Waals surface area contributed by atoms with Crippen LogP contribution in [-0.4, -0.2) is 49.7 Å². The summed E-state index contributed by atoms with van der Waals surface area (Å²) in [5.74, 6) is -1.86. The third-order valence-corrected chi connectivity index (χ3v) is 5.59. The van der Waals surface area contributed by atoms with Gasteiger partial charge < -0.3 is 4.90 Å². The summed E-state index contributed by atoms with van der Waals surface area (Å²) < 4.78 is 53.0. The summed E-state index contributed by atoms with van der Waals surface area (Å²) in [6.07, 6.45) is 0. The molecule has 1 amide bonds. The second-order valence-corrected chi connectivity index (χ2v) is 8.43. The van der Waals surface area contributed by atoms with Gasteiger partial charge in [-0.25, -0.2) is 17.2 Å². The van der Waals surface area contributed by atoms with Gasteiger partial charge in [-0.1, -0.05) is 20.8 Å². The van der Waals surface area contributed by atoms with Crippen molar-refractivity contribution in [3.05, 3.63) is 29.8 Å². The van der Waals surface area contributed by atoms with Gasteiger partial charge in [-0.2, -0.15) is 4.31 Å². The maximum Gasteiger partial charge on any atom is 0.246 e. The minimum Gasteiger partial charge on any atom is -0.340 e. The van der Waals surface area contributed by atoms with Crippen LogP contribution in [0.2, 0.25) is 0 Å². The van der Waals surface area contributed by atoms with E-state index in [0.717, 1.165) is 16.4 Å². The van der Waals surface area contributed by atoms with Crippen LogP contribution in [0.3, 0.4) is 0 Å². The molecule has 0 unspecified atom stereocenters. The topological polar surface area (TPSA) is 57.7 Å². The van der Waals surface area contributed by atoms with Crippen LogP contribution in [0, 0.1) is 17.0 Å². The Balaban J connectivity index is 2.16. The highest BCUT2D eigenvalue weighted by atomic mass is 32.2. The summed E-state index contributed by atoms with van der Waals surface area (Å²) in [6, 6.07) is 2.34. The molecule has 0 radical (unpaired) electrons. The van der Waals surface area contributed by atoms with Crippen LogP contribution in [0.5, 0.6) is 0 Å². The number of hydrogen-bond acceptors (Lipinski definition) is 3. The Hall–Kier alpha value is -1.54. The highest BCUT2D eigenvalue weighted by Gasteiger charge is 2.34. The molecule has 1 saturated heterocycles. The minimum atomic E-state index is -4.12. The molecule has 5 nitrogen and oxygen atoms in total. The predicted octanol–water partition coefficient (Wildman–Crippen LogP) is 1.84. The number of halogens is 2. The number of rotatable bonds is 2. The largest absolute Gasteiger partial charge is 0.340 e. The maximum absolute atomic E-state index is 13.7. The van der Waals surface area contributed by atoms with Crippen molar-refractivity contribution in [2.75, 3.05) is 26.2 Å². The highest BCUT2D eigenvalue weighted by Crippen LogP contribution is 2.23. The van der Waals surface area contributed by atoms with Crippen LogP contribution < -0.4 is 0 Å². The van der Waals surface area contributed by atoms with Gasteiger partial charge in [0, 0.05) is 31.6 Å². The molecule has 23 heavy (non-hydrogen) atoms. The molecule has 0 bridgehead atoms. The van der Waals surface area contributed by atoms with E-state index in [9.17, 15) is 22.0 Å². The lowest BCUT2D eigenvalue weighted by molar-refractivity contribution is -0.140. The molecule has 1 aliphatic heterocycles. The van der Waals surface area contributed by atoms with Gasteiger partial charge in [0.05, 0.1) is 0 Å². The predicted molar refractivity (Wildman–Crippen MR) is 81.2 cm³/mol. The lowest BCUT2D eigenvalue weighted by Gasteiger charge is -2.37. The monoisotopic (exact) mass is 346 g/mol. The van der Waals surface area contributed by atoms with E-state index < -0.39 is 32.0 Å². The molecule has 1 fully saturated rings. The fraction of sp³-hybridized carbons (Fsp3) is 0.533. The van der Waals surface area contributed by atoms with E-state index in [0.29, 0.717) is 6.07 Å². The molecular weight excluding hydrogens is 326 g/mol. The fourth-order valence-electron chi connectivity index (χ4n) is 2.42. The van der Waals surface area contributed by atoms with Crippen LogP contribution in [0.1, 0.15) is 20.8 Å². The van der Waals surface area contributed by atoms with E-state index in [1.54, 1.807) is 25.7 Å². The van der Waals surface area contributed by atoms with Crippen LogP contribution in [0.25, 0.3) is 0 Å². The zero-order valence-corrected chi connectivity index (χ0v) is 14.2. The van der Waals surface area contributed by atoms with E-state index in [1.165, 1.54) is 0 Å². The van der Waals surface area contributed by atoms with Crippen molar-refractivity contribution in [2.24, 2.45) is 5.41 Å². The summed E-state index contributed by atoms with van der Waals surface area (Å²) in [5, 5.41) is 0. The van der Waals surface area contributed by atoms with Gasteiger partial charge in [-0.15, -0.1) is 0 Å². The van der Waals surface area contributed by atoms with Gasteiger partial charge in [-0.05, 0) is 18.2 Å². The van der Waals surface area contributed by atoms with Crippen LogP contribution in [-0.2, 0) is 14.8 Å². The van der Waals surface area contributed by atoms with Gasteiger partial charge in [-0.3, -0.25) is 4.79 Å². The number of nitrogens with zero attached hydrogens (tertiary/aromatic N) is 2. The number of benzene rings is 1. The first kappa shape index (κ1) is 17.8. The summed E-state index contributed by atoms with van der Waals surface area (Å²) in [5.41, 5.74) is -0.546. The molecule has 0 N–H and O–H groups in total.